The van der Waals surface area contributed by atoms with Crippen molar-refractivity contribution >= 4 is 35.0 Å². The first-order valence-electron chi connectivity index (χ1n) is 14.1. The fourth-order valence-electron chi connectivity index (χ4n) is 6.95. The van der Waals surface area contributed by atoms with Gasteiger partial charge in [0.05, 0.1) is 24.9 Å². The number of carbonyl (C=O) groups excluding carboxylic acids is 1. The molecule has 0 radical (unpaired) electrons. The molecule has 1 saturated heterocycles. The van der Waals surface area contributed by atoms with Gasteiger partial charge in [0.1, 0.15) is 10.8 Å². The van der Waals surface area contributed by atoms with Gasteiger partial charge in [-0.3, -0.25) is 9.69 Å². The molecule has 4 aliphatic rings. The van der Waals surface area contributed by atoms with Crippen molar-refractivity contribution in [3.8, 4) is 5.75 Å². The van der Waals surface area contributed by atoms with E-state index in [1.165, 1.54) is 17.5 Å². The number of nitrogens with one attached hydrogen (secondary N) is 2. The number of nitrogens with two attached hydrogens (primary N) is 1. The minimum Gasteiger partial charge on any atom is -0.495 e. The number of likely N-dealkylation sites (N-methyl/N-ethyl adjacent to an activating group) is 1. The van der Waals surface area contributed by atoms with Crippen LogP contribution >= 0.6 is 11.6 Å². The van der Waals surface area contributed by atoms with E-state index in [1.54, 1.807) is 13.3 Å². The molecule has 3 aliphatic carbocycles. The number of nitrogens with zero attached hydrogens (tertiary/aromatic N) is 4. The van der Waals surface area contributed by atoms with E-state index in [4.69, 9.17) is 22.1 Å². The molecule has 208 valence electrons. The van der Waals surface area contributed by atoms with E-state index in [2.05, 4.69) is 61.7 Å². The third kappa shape index (κ3) is 5.32. The van der Waals surface area contributed by atoms with Gasteiger partial charge in [-0.05, 0) is 74.2 Å². The predicted octanol–water partition coefficient (Wildman–Crippen LogP) is 3.46. The van der Waals surface area contributed by atoms with Crippen molar-refractivity contribution in [3.05, 3.63) is 46.6 Å². The van der Waals surface area contributed by atoms with Gasteiger partial charge in [0.15, 0.2) is 5.82 Å². The number of aryl methyl sites for hydroxylation is 2. The number of rotatable bonds is 7. The second kappa shape index (κ2) is 10.9. The zero-order chi connectivity index (χ0) is 27.1. The first-order valence-corrected chi connectivity index (χ1v) is 14.4. The number of carbonyl (C=O) groups is 1. The zero-order valence-electron chi connectivity index (χ0n) is 22.7. The van der Waals surface area contributed by atoms with Gasteiger partial charge in [-0.15, -0.1) is 0 Å². The van der Waals surface area contributed by atoms with Crippen molar-refractivity contribution in [3.63, 3.8) is 0 Å². The molecule has 39 heavy (non-hydrogen) atoms. The second-order valence-electron chi connectivity index (χ2n) is 11.5. The Balaban J connectivity index is 1.19. The number of ether oxygens (including phenoxy) is 1. The molecule has 1 aliphatic heterocycles. The minimum atomic E-state index is -0.294. The number of amides is 1. The molecule has 1 amide bonds. The molecule has 10 heteroatoms. The molecule has 1 saturated carbocycles. The Bertz CT molecular complexity index is 1260. The molecule has 2 heterocycles. The molecule has 2 fully saturated rings. The lowest BCUT2D eigenvalue weighted by Gasteiger charge is -2.37. The van der Waals surface area contributed by atoms with Gasteiger partial charge in [0, 0.05) is 38.3 Å². The summed E-state index contributed by atoms with van der Waals surface area (Å²) >= 11 is 6.48. The Morgan fingerprint density at radius 1 is 1.10 bits per heavy atom. The summed E-state index contributed by atoms with van der Waals surface area (Å²) in [6.07, 6.45) is 11.2. The van der Waals surface area contributed by atoms with E-state index >= 15 is 0 Å². The predicted molar refractivity (Wildman–Crippen MR) is 154 cm³/mol. The SMILES string of the molecule is COc1cc2c(cc1Nc1ncc(Cl)c(N[C@H]3[C@@H](C(N)=O)[C@@H]4C=C[C@H]3C4)n1)CC[C@@H](N1CCN(C)CC1)CC2. The molecule has 4 N–H and O–H groups in total. The van der Waals surface area contributed by atoms with Crippen LogP contribution in [0.3, 0.4) is 0 Å². The number of anilines is 3. The van der Waals surface area contributed by atoms with Crippen LogP contribution in [-0.2, 0) is 17.6 Å². The van der Waals surface area contributed by atoms with Crippen LogP contribution in [0, 0.1) is 17.8 Å². The summed E-state index contributed by atoms with van der Waals surface area (Å²) < 4.78 is 5.78. The Kier molecular flexibility index (Phi) is 7.39. The van der Waals surface area contributed by atoms with E-state index in [1.807, 2.05) is 0 Å². The number of aromatic nitrogens is 2. The van der Waals surface area contributed by atoms with Crippen molar-refractivity contribution in [2.75, 3.05) is 51.0 Å². The maximum absolute atomic E-state index is 12.2. The first kappa shape index (κ1) is 26.3. The summed E-state index contributed by atoms with van der Waals surface area (Å²) in [6.45, 7) is 4.59. The van der Waals surface area contributed by atoms with Crippen LogP contribution in [0.15, 0.2) is 30.5 Å². The highest BCUT2D eigenvalue weighted by atomic mass is 35.5. The average Bonchev–Trinajstić information content (AvgIpc) is 3.47. The smallest absolute Gasteiger partial charge is 0.229 e. The van der Waals surface area contributed by atoms with Gasteiger partial charge < -0.3 is 26.0 Å². The van der Waals surface area contributed by atoms with Crippen LogP contribution in [0.2, 0.25) is 5.02 Å². The maximum atomic E-state index is 12.2. The number of methoxy groups -OCH3 is 1. The normalized spacial score (nSPS) is 28.6. The van der Waals surface area contributed by atoms with Gasteiger partial charge in [-0.25, -0.2) is 4.98 Å². The molecule has 1 aromatic heterocycles. The lowest BCUT2D eigenvalue weighted by molar-refractivity contribution is -0.122. The topological polar surface area (TPSA) is 109 Å². The zero-order valence-corrected chi connectivity index (χ0v) is 23.5. The molecular weight excluding hydrogens is 514 g/mol. The summed E-state index contributed by atoms with van der Waals surface area (Å²) in [4.78, 5) is 26.4. The van der Waals surface area contributed by atoms with Crippen LogP contribution < -0.4 is 21.1 Å². The number of primary amides is 1. The number of hydrogen-bond acceptors (Lipinski definition) is 8. The molecular formula is C29H38ClN7O2. The molecule has 9 nitrogen and oxygen atoms in total. The quantitative estimate of drug-likeness (QED) is 0.355. The van der Waals surface area contributed by atoms with Crippen molar-refractivity contribution in [1.29, 1.82) is 0 Å². The maximum Gasteiger partial charge on any atom is 0.229 e. The van der Waals surface area contributed by atoms with Crippen LogP contribution in [0.4, 0.5) is 17.5 Å². The molecule has 2 aromatic rings. The van der Waals surface area contributed by atoms with Gasteiger partial charge in [-0.1, -0.05) is 23.8 Å². The standard InChI is InChI=1S/C29H38ClN7O2/c1-36-9-11-37(12-10-36)21-7-5-17-14-23(24(39-2)15-18(17)6-8-21)33-29-32-16-22(30)28(35-29)34-26-20-4-3-19(13-20)25(26)27(31)38/h3-4,14-16,19-21,25-26H,5-13H2,1-2H3,(H2,31,38)(H2,32,33,34,35)/t19-,20+,21-,25+,26-/m1/s1. The Morgan fingerprint density at radius 3 is 2.54 bits per heavy atom. The van der Waals surface area contributed by atoms with Crippen LogP contribution in [0.1, 0.15) is 30.4 Å². The highest BCUT2D eigenvalue weighted by molar-refractivity contribution is 6.32. The van der Waals surface area contributed by atoms with Gasteiger partial charge in [-0.2, -0.15) is 4.98 Å². The Labute approximate surface area is 235 Å². The first-order chi connectivity index (χ1) is 18.9. The van der Waals surface area contributed by atoms with Gasteiger partial charge >= 0.3 is 0 Å². The lowest BCUT2D eigenvalue weighted by Crippen LogP contribution is -2.49. The molecule has 0 unspecified atom stereocenters. The average molecular weight is 552 g/mol. The number of piperazine rings is 1. The van der Waals surface area contributed by atoms with Crippen molar-refractivity contribution in [2.24, 2.45) is 23.5 Å². The minimum absolute atomic E-state index is 0.131. The Hall–Kier alpha value is -2.88. The number of halogens is 1. The van der Waals surface area contributed by atoms with Crippen molar-refractivity contribution < 1.29 is 9.53 Å². The highest BCUT2D eigenvalue weighted by Crippen LogP contribution is 2.45. The van der Waals surface area contributed by atoms with E-state index in [0.717, 1.165) is 63.3 Å². The molecule has 2 bridgehead atoms. The number of hydrogen-bond donors (Lipinski definition) is 3. The Morgan fingerprint density at radius 2 is 1.82 bits per heavy atom. The number of fused-ring (bicyclic) bond motifs is 3. The summed E-state index contributed by atoms with van der Waals surface area (Å²) in [7, 11) is 3.90. The van der Waals surface area contributed by atoms with Crippen molar-refractivity contribution in [1.82, 2.24) is 19.8 Å². The van der Waals surface area contributed by atoms with Gasteiger partial charge in [0.25, 0.3) is 0 Å². The summed E-state index contributed by atoms with van der Waals surface area (Å²) in [5.41, 5.74) is 9.28. The van der Waals surface area contributed by atoms with E-state index < -0.39 is 0 Å². The van der Waals surface area contributed by atoms with Crippen LogP contribution in [-0.4, -0.2) is 78.1 Å². The second-order valence-corrected chi connectivity index (χ2v) is 11.9. The molecule has 5 atom stereocenters. The summed E-state index contributed by atoms with van der Waals surface area (Å²) in [5, 5.41) is 7.18. The van der Waals surface area contributed by atoms with E-state index in [9.17, 15) is 4.79 Å². The van der Waals surface area contributed by atoms with Gasteiger partial charge in [0.2, 0.25) is 11.9 Å². The highest BCUT2D eigenvalue weighted by Gasteiger charge is 2.47. The molecule has 0 spiro atoms. The number of benzene rings is 1. The molecule has 1 aromatic carbocycles. The van der Waals surface area contributed by atoms with Crippen molar-refractivity contribution in [2.45, 2.75) is 44.2 Å². The summed E-state index contributed by atoms with van der Waals surface area (Å²) in [6, 6.07) is 4.84. The third-order valence-corrected chi connectivity index (χ3v) is 9.43. The monoisotopic (exact) mass is 551 g/mol. The third-order valence-electron chi connectivity index (χ3n) is 9.15. The van der Waals surface area contributed by atoms with Crippen LogP contribution in [0.25, 0.3) is 0 Å². The van der Waals surface area contributed by atoms with E-state index in [0.29, 0.717) is 22.8 Å². The fraction of sp³-hybridized carbons (Fsp3) is 0.552. The van der Waals surface area contributed by atoms with Crippen LogP contribution in [0.5, 0.6) is 5.75 Å². The number of allylic oxidation sites excluding steroid dienone is 1. The largest absolute Gasteiger partial charge is 0.495 e. The fourth-order valence-corrected chi connectivity index (χ4v) is 7.10. The molecule has 6 rings (SSSR count). The van der Waals surface area contributed by atoms with E-state index in [-0.39, 0.29) is 29.7 Å². The lowest BCUT2D eigenvalue weighted by atomic mass is 9.88. The summed E-state index contributed by atoms with van der Waals surface area (Å²) in [5.74, 6) is 1.51.